The first-order valence-corrected chi connectivity index (χ1v) is 5.42. The molecule has 1 heterocycles. The molecule has 1 aliphatic heterocycles. The second-order valence-electron chi connectivity index (χ2n) is 4.43. The van der Waals surface area contributed by atoms with Gasteiger partial charge in [0, 0.05) is 6.42 Å². The fraction of sp³-hybridized carbons (Fsp3) is 0.900. The summed E-state index contributed by atoms with van der Waals surface area (Å²) in [7, 11) is 0. The average Bonchev–Trinajstić information content (AvgIpc) is 2.30. The van der Waals surface area contributed by atoms with Crippen LogP contribution in [-0.2, 0) is 9.53 Å². The highest BCUT2D eigenvalue weighted by molar-refractivity contribution is 5.75. The highest BCUT2D eigenvalue weighted by atomic mass is 16.7. The molecule has 7 heteroatoms. The lowest BCUT2D eigenvalue weighted by Gasteiger charge is -2.40. The molecule has 5 N–H and O–H groups in total. The maximum Gasteiger partial charge on any atom is 0.364 e. The van der Waals surface area contributed by atoms with Gasteiger partial charge in [-0.25, -0.2) is 4.79 Å². The van der Waals surface area contributed by atoms with Crippen molar-refractivity contribution in [2.75, 3.05) is 6.61 Å². The molecule has 100 valence electrons. The van der Waals surface area contributed by atoms with Crippen molar-refractivity contribution in [3.8, 4) is 0 Å². The quantitative estimate of drug-likeness (QED) is 0.402. The van der Waals surface area contributed by atoms with Gasteiger partial charge in [0.05, 0.1) is 12.7 Å². The van der Waals surface area contributed by atoms with E-state index in [1.54, 1.807) is 6.92 Å². The summed E-state index contributed by atoms with van der Waals surface area (Å²) in [5, 5.41) is 46.2. The number of aliphatic hydroxyl groups excluding tert-OH is 3. The van der Waals surface area contributed by atoms with Gasteiger partial charge in [-0.2, -0.15) is 0 Å². The molecule has 0 saturated carbocycles. The standard InChI is InChI=1S/C10H18O7/c1-5-2-3-10(16,9(14)15)17-8(5)7(13)6(12)4-11/h5-8,11-13,16H,2-4H2,1H3,(H,14,15)/t5-,6-,7-,8?,10-/m1/s1. The molecule has 1 saturated heterocycles. The number of aliphatic hydroxyl groups is 4. The van der Waals surface area contributed by atoms with Crippen LogP contribution in [-0.4, -0.2) is 62.2 Å². The Labute approximate surface area is 98.3 Å². The van der Waals surface area contributed by atoms with Gasteiger partial charge in [-0.1, -0.05) is 6.92 Å². The third-order valence-electron chi connectivity index (χ3n) is 3.08. The Kier molecular flexibility index (Phi) is 4.45. The Bertz CT molecular complexity index is 282. The van der Waals surface area contributed by atoms with Crippen LogP contribution in [0, 0.1) is 5.92 Å². The van der Waals surface area contributed by atoms with Crippen molar-refractivity contribution in [2.45, 2.75) is 43.9 Å². The lowest BCUT2D eigenvalue weighted by molar-refractivity contribution is -0.285. The molecule has 1 unspecified atom stereocenters. The zero-order chi connectivity index (χ0) is 13.2. The summed E-state index contributed by atoms with van der Waals surface area (Å²) in [6, 6.07) is 0. The lowest BCUT2D eigenvalue weighted by Crippen LogP contribution is -2.55. The van der Waals surface area contributed by atoms with Crippen LogP contribution in [0.2, 0.25) is 0 Å². The van der Waals surface area contributed by atoms with Gasteiger partial charge in [-0.3, -0.25) is 0 Å². The smallest absolute Gasteiger partial charge is 0.364 e. The van der Waals surface area contributed by atoms with E-state index in [1.165, 1.54) is 0 Å². The largest absolute Gasteiger partial charge is 0.477 e. The van der Waals surface area contributed by atoms with Crippen LogP contribution in [0.1, 0.15) is 19.8 Å². The first-order valence-electron chi connectivity index (χ1n) is 5.42. The molecular formula is C10H18O7. The zero-order valence-electron chi connectivity index (χ0n) is 9.48. The minimum atomic E-state index is -2.34. The normalized spacial score (nSPS) is 37.5. The molecule has 0 aromatic carbocycles. The molecule has 1 rings (SSSR count). The molecule has 0 amide bonds. The van der Waals surface area contributed by atoms with Gasteiger partial charge in [-0.15, -0.1) is 0 Å². The van der Waals surface area contributed by atoms with Crippen molar-refractivity contribution in [2.24, 2.45) is 5.92 Å². The molecule has 5 atom stereocenters. The van der Waals surface area contributed by atoms with Crippen molar-refractivity contribution in [3.63, 3.8) is 0 Å². The van der Waals surface area contributed by atoms with Gasteiger partial charge in [0.2, 0.25) is 0 Å². The molecule has 1 fully saturated rings. The highest BCUT2D eigenvalue weighted by Crippen LogP contribution is 2.33. The summed E-state index contributed by atoms with van der Waals surface area (Å²) in [6.07, 6.45) is -3.66. The number of carbonyl (C=O) groups is 1. The summed E-state index contributed by atoms with van der Waals surface area (Å²) in [4.78, 5) is 10.8. The van der Waals surface area contributed by atoms with Crippen molar-refractivity contribution >= 4 is 5.97 Å². The molecule has 0 aromatic heterocycles. The number of hydrogen-bond donors (Lipinski definition) is 5. The summed E-state index contributed by atoms with van der Waals surface area (Å²) in [5.41, 5.74) is 0. The van der Waals surface area contributed by atoms with Crippen LogP contribution in [0.25, 0.3) is 0 Å². The van der Waals surface area contributed by atoms with E-state index in [-0.39, 0.29) is 12.3 Å². The van der Waals surface area contributed by atoms with Crippen LogP contribution in [0.4, 0.5) is 0 Å². The van der Waals surface area contributed by atoms with Crippen LogP contribution >= 0.6 is 0 Å². The minimum Gasteiger partial charge on any atom is -0.477 e. The Morgan fingerprint density at radius 1 is 1.53 bits per heavy atom. The van der Waals surface area contributed by atoms with Crippen molar-refractivity contribution in [3.05, 3.63) is 0 Å². The maximum atomic E-state index is 10.8. The monoisotopic (exact) mass is 250 g/mol. The van der Waals surface area contributed by atoms with E-state index in [4.69, 9.17) is 14.9 Å². The fourth-order valence-electron chi connectivity index (χ4n) is 1.88. The Morgan fingerprint density at radius 2 is 2.12 bits per heavy atom. The average molecular weight is 250 g/mol. The minimum absolute atomic E-state index is 0.0814. The van der Waals surface area contributed by atoms with E-state index in [1.807, 2.05) is 0 Å². The van der Waals surface area contributed by atoms with E-state index in [9.17, 15) is 20.1 Å². The van der Waals surface area contributed by atoms with Crippen molar-refractivity contribution in [1.82, 2.24) is 0 Å². The summed E-state index contributed by atoms with van der Waals surface area (Å²) >= 11 is 0. The van der Waals surface area contributed by atoms with Gasteiger partial charge in [0.1, 0.15) is 12.2 Å². The van der Waals surface area contributed by atoms with Crippen LogP contribution in [0.3, 0.4) is 0 Å². The molecule has 0 radical (unpaired) electrons. The van der Waals surface area contributed by atoms with E-state index in [2.05, 4.69) is 0 Å². The van der Waals surface area contributed by atoms with Crippen molar-refractivity contribution in [1.29, 1.82) is 0 Å². The summed E-state index contributed by atoms with van der Waals surface area (Å²) in [5.74, 6) is -4.10. The Hall–Kier alpha value is -0.730. The third-order valence-corrected chi connectivity index (χ3v) is 3.08. The van der Waals surface area contributed by atoms with Gasteiger partial charge in [0.15, 0.2) is 0 Å². The number of rotatable bonds is 4. The molecular weight excluding hydrogens is 232 g/mol. The highest BCUT2D eigenvalue weighted by Gasteiger charge is 2.48. The fourth-order valence-corrected chi connectivity index (χ4v) is 1.88. The first-order chi connectivity index (χ1) is 7.81. The molecule has 17 heavy (non-hydrogen) atoms. The van der Waals surface area contributed by atoms with Crippen LogP contribution in [0.15, 0.2) is 0 Å². The van der Waals surface area contributed by atoms with Crippen LogP contribution < -0.4 is 0 Å². The molecule has 0 spiro atoms. The summed E-state index contributed by atoms with van der Waals surface area (Å²) < 4.78 is 4.97. The van der Waals surface area contributed by atoms with Gasteiger partial charge >= 0.3 is 5.97 Å². The second kappa shape index (κ2) is 5.28. The van der Waals surface area contributed by atoms with E-state index < -0.39 is 36.7 Å². The van der Waals surface area contributed by atoms with Gasteiger partial charge < -0.3 is 30.3 Å². The predicted octanol–water partition coefficient (Wildman–Crippen LogP) is -1.71. The Balaban J connectivity index is 2.79. The van der Waals surface area contributed by atoms with Gasteiger partial charge in [-0.05, 0) is 12.3 Å². The summed E-state index contributed by atoms with van der Waals surface area (Å²) in [6.45, 7) is 1.04. The number of carboxylic acids is 1. The maximum absolute atomic E-state index is 10.8. The molecule has 0 aromatic rings. The van der Waals surface area contributed by atoms with Gasteiger partial charge in [0.25, 0.3) is 5.79 Å². The lowest BCUT2D eigenvalue weighted by atomic mass is 9.87. The SMILES string of the molecule is C[C@@H]1CC[C@](O)(C(=O)O)OC1[C@H](O)[C@H](O)CO. The third kappa shape index (κ3) is 2.93. The Morgan fingerprint density at radius 3 is 2.59 bits per heavy atom. The number of ether oxygens (including phenoxy) is 1. The number of carboxylic acid groups (broad SMARTS) is 1. The number of aliphatic carboxylic acids is 1. The molecule has 0 aliphatic carbocycles. The van der Waals surface area contributed by atoms with Crippen molar-refractivity contribution < 1.29 is 35.1 Å². The molecule has 7 nitrogen and oxygen atoms in total. The number of hydrogen-bond acceptors (Lipinski definition) is 6. The topological polar surface area (TPSA) is 127 Å². The molecule has 0 bridgehead atoms. The van der Waals surface area contributed by atoms with E-state index in [0.717, 1.165) is 0 Å². The second-order valence-corrected chi connectivity index (χ2v) is 4.43. The first kappa shape index (κ1) is 14.3. The molecule has 1 aliphatic rings. The van der Waals surface area contributed by atoms with E-state index >= 15 is 0 Å². The van der Waals surface area contributed by atoms with E-state index in [0.29, 0.717) is 6.42 Å². The van der Waals surface area contributed by atoms with Crippen LogP contribution in [0.5, 0.6) is 0 Å². The zero-order valence-corrected chi connectivity index (χ0v) is 9.48. The predicted molar refractivity (Wildman–Crippen MR) is 55.0 cm³/mol.